The predicted octanol–water partition coefficient (Wildman–Crippen LogP) is 3.30. The fraction of sp³-hybridized carbons (Fsp3) is 0.429. The van der Waals surface area contributed by atoms with E-state index in [1.165, 1.54) is 29.0 Å². The number of nitrogens with one attached hydrogen (secondary N) is 1. The van der Waals surface area contributed by atoms with E-state index in [1.807, 2.05) is 0 Å². The van der Waals surface area contributed by atoms with Gasteiger partial charge in [0.25, 0.3) is 17.7 Å². The highest BCUT2D eigenvalue weighted by Crippen LogP contribution is 2.29. The maximum atomic E-state index is 13.8. The summed E-state index contributed by atoms with van der Waals surface area (Å²) in [7, 11) is 1.48. The second-order valence-corrected chi connectivity index (χ2v) is 9.72. The van der Waals surface area contributed by atoms with E-state index in [0.717, 1.165) is 44.2 Å². The van der Waals surface area contributed by atoms with Crippen LogP contribution in [-0.2, 0) is 9.59 Å². The maximum absolute atomic E-state index is 13.8. The molecule has 2 aromatic carbocycles. The molecule has 2 atom stereocenters. The van der Waals surface area contributed by atoms with Crippen LogP contribution in [0.15, 0.2) is 48.5 Å². The molecule has 2 unspecified atom stereocenters. The van der Waals surface area contributed by atoms with Crippen LogP contribution in [0.2, 0.25) is 0 Å². The maximum Gasteiger partial charge on any atom is 0.305 e. The van der Waals surface area contributed by atoms with Gasteiger partial charge in [0.1, 0.15) is 11.6 Å². The van der Waals surface area contributed by atoms with E-state index in [0.29, 0.717) is 5.75 Å². The number of carboxylic acids is 1. The number of carbonyl (C=O) groups excluding carboxylic acids is 3. The molecular weight excluding hydrogens is 493 g/mol. The van der Waals surface area contributed by atoms with Crippen molar-refractivity contribution in [3.05, 3.63) is 65.5 Å². The van der Waals surface area contributed by atoms with E-state index in [2.05, 4.69) is 5.32 Å². The van der Waals surface area contributed by atoms with E-state index in [9.17, 15) is 28.7 Å². The van der Waals surface area contributed by atoms with Crippen LogP contribution in [-0.4, -0.2) is 71.0 Å². The van der Waals surface area contributed by atoms with Crippen molar-refractivity contribution in [3.63, 3.8) is 0 Å². The lowest BCUT2D eigenvalue weighted by Crippen LogP contribution is -2.57. The Morgan fingerprint density at radius 3 is 2.21 bits per heavy atom. The Kier molecular flexibility index (Phi) is 8.60. The zero-order valence-corrected chi connectivity index (χ0v) is 21.3. The number of ether oxygens (including phenoxy) is 1. The van der Waals surface area contributed by atoms with Gasteiger partial charge in [0.2, 0.25) is 0 Å². The molecule has 2 aromatic rings. The number of hydrogen-bond acceptors (Lipinski definition) is 5. The Balaban J connectivity index is 1.64. The lowest BCUT2D eigenvalue weighted by Gasteiger charge is -2.34. The minimum atomic E-state index is -1.30. The van der Waals surface area contributed by atoms with Gasteiger partial charge in [0, 0.05) is 30.3 Å². The van der Waals surface area contributed by atoms with E-state index in [4.69, 9.17) is 4.74 Å². The van der Waals surface area contributed by atoms with Crippen LogP contribution in [0.4, 0.5) is 4.39 Å². The molecule has 0 radical (unpaired) electrons. The summed E-state index contributed by atoms with van der Waals surface area (Å²) in [6, 6.07) is 10.8. The van der Waals surface area contributed by atoms with Crippen LogP contribution in [0.1, 0.15) is 59.2 Å². The Morgan fingerprint density at radius 2 is 1.61 bits per heavy atom. The molecule has 1 aliphatic heterocycles. The molecule has 1 aliphatic carbocycles. The third-order valence-corrected chi connectivity index (χ3v) is 7.28. The highest BCUT2D eigenvalue weighted by Gasteiger charge is 2.44. The van der Waals surface area contributed by atoms with Gasteiger partial charge in [0.15, 0.2) is 6.17 Å². The number of carboxylic acid groups (broad SMARTS) is 1. The lowest BCUT2D eigenvalue weighted by atomic mass is 9.82. The van der Waals surface area contributed by atoms with Crippen LogP contribution in [0.3, 0.4) is 0 Å². The second-order valence-electron chi connectivity index (χ2n) is 9.72. The number of methoxy groups -OCH3 is 1. The van der Waals surface area contributed by atoms with Crippen LogP contribution < -0.4 is 10.1 Å². The van der Waals surface area contributed by atoms with Crippen molar-refractivity contribution in [1.82, 2.24) is 15.1 Å². The number of carbonyl (C=O) groups is 4. The van der Waals surface area contributed by atoms with Crippen molar-refractivity contribution in [2.24, 2.45) is 5.92 Å². The first-order chi connectivity index (χ1) is 18.3. The second kappa shape index (κ2) is 12.1. The standard InChI is InChI=1S/C28H32FN3O6/c1-38-22-9-5-8-20(16-22)28(37)32-15-14-31(27(36)19-10-12-21(29)13-11-19)26(32)25(35)30-23(17-24(33)34)18-6-3-2-4-7-18/h5,8-13,16,18,23,26H,2-4,6-7,14-15,17H2,1H3,(H,30,35)(H,33,34). The SMILES string of the molecule is COc1cccc(C(=O)N2CCN(C(=O)c3ccc(F)cc3)C2C(=O)NC(CC(=O)O)C2CCCCC2)c1. The predicted molar refractivity (Wildman–Crippen MR) is 136 cm³/mol. The molecule has 2 fully saturated rings. The fourth-order valence-electron chi connectivity index (χ4n) is 5.33. The molecule has 3 amide bonds. The number of amides is 3. The largest absolute Gasteiger partial charge is 0.497 e. The van der Waals surface area contributed by atoms with E-state index < -0.39 is 41.7 Å². The average Bonchev–Trinajstić information content (AvgIpc) is 3.38. The number of rotatable bonds is 8. The molecule has 0 bridgehead atoms. The zero-order valence-electron chi connectivity index (χ0n) is 21.3. The molecule has 202 valence electrons. The molecule has 0 spiro atoms. The molecule has 2 N–H and O–H groups in total. The smallest absolute Gasteiger partial charge is 0.305 e. The van der Waals surface area contributed by atoms with Crippen molar-refractivity contribution in [2.45, 2.75) is 50.7 Å². The Hall–Kier alpha value is -3.95. The quantitative estimate of drug-likeness (QED) is 0.546. The number of aliphatic carboxylic acids is 1. The summed E-state index contributed by atoms with van der Waals surface area (Å²) in [5, 5.41) is 12.4. The summed E-state index contributed by atoms with van der Waals surface area (Å²) in [6.07, 6.45) is 3.02. The highest BCUT2D eigenvalue weighted by atomic mass is 19.1. The molecule has 2 aliphatic rings. The Labute approximate surface area is 220 Å². The van der Waals surface area contributed by atoms with Gasteiger partial charge in [-0.3, -0.25) is 19.2 Å². The minimum Gasteiger partial charge on any atom is -0.497 e. The number of nitrogens with zero attached hydrogens (tertiary/aromatic N) is 2. The summed E-state index contributed by atoms with van der Waals surface area (Å²) >= 11 is 0. The molecule has 1 saturated heterocycles. The van der Waals surface area contributed by atoms with Gasteiger partial charge < -0.3 is 25.0 Å². The minimum absolute atomic E-state index is 0.00557. The van der Waals surface area contributed by atoms with Gasteiger partial charge in [-0.05, 0) is 61.2 Å². The van der Waals surface area contributed by atoms with Gasteiger partial charge in [0.05, 0.1) is 13.5 Å². The van der Waals surface area contributed by atoms with Crippen molar-refractivity contribution in [2.75, 3.05) is 20.2 Å². The van der Waals surface area contributed by atoms with E-state index >= 15 is 0 Å². The average molecular weight is 526 g/mol. The molecule has 1 heterocycles. The van der Waals surface area contributed by atoms with Crippen molar-refractivity contribution in [3.8, 4) is 5.75 Å². The van der Waals surface area contributed by atoms with Gasteiger partial charge in [-0.1, -0.05) is 25.3 Å². The van der Waals surface area contributed by atoms with Crippen molar-refractivity contribution >= 4 is 23.7 Å². The molecule has 10 heteroatoms. The Bertz CT molecular complexity index is 1180. The van der Waals surface area contributed by atoms with Crippen molar-refractivity contribution in [1.29, 1.82) is 0 Å². The van der Waals surface area contributed by atoms with Gasteiger partial charge in [-0.2, -0.15) is 0 Å². The Morgan fingerprint density at radius 1 is 0.974 bits per heavy atom. The van der Waals surface area contributed by atoms with E-state index in [1.54, 1.807) is 24.3 Å². The van der Waals surface area contributed by atoms with Gasteiger partial charge in [-0.25, -0.2) is 4.39 Å². The first-order valence-corrected chi connectivity index (χ1v) is 12.8. The van der Waals surface area contributed by atoms with Crippen LogP contribution >= 0.6 is 0 Å². The molecule has 4 rings (SSSR count). The molecule has 9 nitrogen and oxygen atoms in total. The molecule has 0 aromatic heterocycles. The summed E-state index contributed by atoms with van der Waals surface area (Å²) in [5.74, 6) is -2.69. The summed E-state index contributed by atoms with van der Waals surface area (Å²) in [6.45, 7) is 0.172. The normalized spacial score (nSPS) is 18.6. The summed E-state index contributed by atoms with van der Waals surface area (Å²) < 4.78 is 18.7. The molecular formula is C28H32FN3O6. The lowest BCUT2D eigenvalue weighted by molar-refractivity contribution is -0.138. The van der Waals surface area contributed by atoms with Gasteiger partial charge in [-0.15, -0.1) is 0 Å². The van der Waals surface area contributed by atoms with Crippen LogP contribution in [0.25, 0.3) is 0 Å². The third kappa shape index (κ3) is 6.12. The van der Waals surface area contributed by atoms with Crippen molar-refractivity contribution < 1.29 is 33.4 Å². The number of benzene rings is 2. The van der Waals surface area contributed by atoms with E-state index in [-0.39, 0.29) is 36.6 Å². The first-order valence-electron chi connectivity index (χ1n) is 12.8. The molecule has 1 saturated carbocycles. The number of hydrogen-bond donors (Lipinski definition) is 2. The summed E-state index contributed by atoms with van der Waals surface area (Å²) in [4.78, 5) is 55.0. The fourth-order valence-corrected chi connectivity index (χ4v) is 5.33. The molecule has 38 heavy (non-hydrogen) atoms. The van der Waals surface area contributed by atoms with Gasteiger partial charge >= 0.3 is 5.97 Å². The highest BCUT2D eigenvalue weighted by molar-refractivity contribution is 6.02. The zero-order chi connectivity index (χ0) is 27.2. The third-order valence-electron chi connectivity index (χ3n) is 7.28. The van der Waals surface area contributed by atoms with Crippen LogP contribution in [0.5, 0.6) is 5.75 Å². The topological polar surface area (TPSA) is 116 Å². The van der Waals surface area contributed by atoms with Crippen LogP contribution in [0, 0.1) is 11.7 Å². The first kappa shape index (κ1) is 27.1. The summed E-state index contributed by atoms with van der Waals surface area (Å²) in [5.41, 5.74) is 0.460. The monoisotopic (exact) mass is 525 g/mol. The number of halogens is 1.